The van der Waals surface area contributed by atoms with Crippen LogP contribution in [0.4, 0.5) is 0 Å². The van der Waals surface area contributed by atoms with E-state index in [1.807, 2.05) is 24.3 Å². The summed E-state index contributed by atoms with van der Waals surface area (Å²) in [5.74, 6) is 0. The van der Waals surface area contributed by atoms with E-state index in [2.05, 4.69) is 29.7 Å². The Labute approximate surface area is 103 Å². The van der Waals surface area contributed by atoms with Crippen LogP contribution in [0.15, 0.2) is 42.6 Å². The minimum absolute atomic E-state index is 0.767. The minimum Gasteiger partial charge on any atom is -0.315 e. The van der Waals surface area contributed by atoms with Gasteiger partial charge >= 0.3 is 0 Å². The molecule has 0 aromatic carbocycles. The SMILES string of the molecule is Cc1cc(-c2ccc(C=O)s2)n2ccccc12. The lowest BCUT2D eigenvalue weighted by atomic mass is 10.3. The van der Waals surface area contributed by atoms with Crippen molar-refractivity contribution in [2.75, 3.05) is 0 Å². The molecule has 3 heterocycles. The summed E-state index contributed by atoms with van der Waals surface area (Å²) in [5.41, 5.74) is 3.61. The summed E-state index contributed by atoms with van der Waals surface area (Å²) < 4.78 is 2.16. The average Bonchev–Trinajstić information content (AvgIpc) is 2.95. The van der Waals surface area contributed by atoms with Crippen molar-refractivity contribution < 1.29 is 4.79 Å². The molecule has 3 heteroatoms. The van der Waals surface area contributed by atoms with E-state index in [4.69, 9.17) is 0 Å². The van der Waals surface area contributed by atoms with Crippen LogP contribution >= 0.6 is 11.3 Å². The maximum atomic E-state index is 10.7. The van der Waals surface area contributed by atoms with Crippen LogP contribution in [0.1, 0.15) is 15.2 Å². The highest BCUT2D eigenvalue weighted by Crippen LogP contribution is 2.30. The molecule has 0 aliphatic carbocycles. The number of fused-ring (bicyclic) bond motifs is 1. The quantitative estimate of drug-likeness (QED) is 0.625. The zero-order valence-electron chi connectivity index (χ0n) is 9.38. The lowest BCUT2D eigenvalue weighted by Gasteiger charge is -1.99. The van der Waals surface area contributed by atoms with Crippen LogP contribution in [0.5, 0.6) is 0 Å². The van der Waals surface area contributed by atoms with Crippen LogP contribution in [-0.4, -0.2) is 10.7 Å². The Morgan fingerprint density at radius 2 is 2.12 bits per heavy atom. The fourth-order valence-electron chi connectivity index (χ4n) is 2.07. The highest BCUT2D eigenvalue weighted by molar-refractivity contribution is 7.17. The van der Waals surface area contributed by atoms with Gasteiger partial charge in [0.2, 0.25) is 0 Å². The van der Waals surface area contributed by atoms with Crippen molar-refractivity contribution >= 4 is 23.1 Å². The third-order valence-electron chi connectivity index (χ3n) is 2.87. The molecule has 17 heavy (non-hydrogen) atoms. The second kappa shape index (κ2) is 3.86. The smallest absolute Gasteiger partial charge is 0.160 e. The molecular weight excluding hydrogens is 230 g/mol. The summed E-state index contributed by atoms with van der Waals surface area (Å²) in [6, 6.07) is 12.2. The van der Waals surface area contributed by atoms with Crippen molar-refractivity contribution in [2.24, 2.45) is 0 Å². The lowest BCUT2D eigenvalue weighted by Crippen LogP contribution is -1.84. The molecule has 3 rings (SSSR count). The molecule has 0 saturated carbocycles. The normalized spacial score (nSPS) is 10.9. The third-order valence-corrected chi connectivity index (χ3v) is 3.91. The molecule has 0 fully saturated rings. The van der Waals surface area contributed by atoms with Crippen molar-refractivity contribution in [3.63, 3.8) is 0 Å². The van der Waals surface area contributed by atoms with E-state index < -0.39 is 0 Å². The summed E-state index contributed by atoms with van der Waals surface area (Å²) in [6.45, 7) is 2.10. The van der Waals surface area contributed by atoms with Gasteiger partial charge in [-0.2, -0.15) is 0 Å². The molecule has 0 spiro atoms. The molecule has 0 N–H and O–H groups in total. The Morgan fingerprint density at radius 1 is 1.24 bits per heavy atom. The van der Waals surface area contributed by atoms with Gasteiger partial charge in [-0.25, -0.2) is 0 Å². The van der Waals surface area contributed by atoms with Crippen molar-refractivity contribution in [1.29, 1.82) is 0 Å². The van der Waals surface area contributed by atoms with Crippen LogP contribution in [0.2, 0.25) is 0 Å². The average molecular weight is 241 g/mol. The summed E-state index contributed by atoms with van der Waals surface area (Å²) in [5, 5.41) is 0. The van der Waals surface area contributed by atoms with Gasteiger partial charge in [-0.1, -0.05) is 6.07 Å². The molecule has 84 valence electrons. The second-order valence-electron chi connectivity index (χ2n) is 3.99. The summed E-state index contributed by atoms with van der Waals surface area (Å²) in [6.07, 6.45) is 2.95. The predicted molar refractivity (Wildman–Crippen MR) is 70.8 cm³/mol. The van der Waals surface area contributed by atoms with Gasteiger partial charge in [-0.15, -0.1) is 11.3 Å². The number of carbonyl (C=O) groups excluding carboxylic acids is 1. The van der Waals surface area contributed by atoms with Crippen LogP contribution in [-0.2, 0) is 0 Å². The van der Waals surface area contributed by atoms with E-state index in [9.17, 15) is 4.79 Å². The Bertz CT molecular complexity index is 693. The van der Waals surface area contributed by atoms with E-state index in [0.29, 0.717) is 0 Å². The Balaban J connectivity index is 2.26. The van der Waals surface area contributed by atoms with Crippen molar-refractivity contribution in [3.8, 4) is 10.6 Å². The number of aromatic nitrogens is 1. The summed E-state index contributed by atoms with van der Waals surface area (Å²) >= 11 is 1.53. The summed E-state index contributed by atoms with van der Waals surface area (Å²) in [7, 11) is 0. The maximum Gasteiger partial charge on any atom is 0.160 e. The van der Waals surface area contributed by atoms with E-state index in [-0.39, 0.29) is 0 Å². The van der Waals surface area contributed by atoms with Gasteiger partial charge < -0.3 is 4.40 Å². The maximum absolute atomic E-state index is 10.7. The molecule has 0 bridgehead atoms. The van der Waals surface area contributed by atoms with Gasteiger partial charge in [0.25, 0.3) is 0 Å². The number of hydrogen-bond acceptors (Lipinski definition) is 2. The van der Waals surface area contributed by atoms with Crippen LogP contribution in [0.25, 0.3) is 16.1 Å². The monoisotopic (exact) mass is 241 g/mol. The fraction of sp³-hybridized carbons (Fsp3) is 0.0714. The zero-order valence-corrected chi connectivity index (χ0v) is 10.2. The number of aryl methyl sites for hydroxylation is 1. The fourth-order valence-corrected chi connectivity index (χ4v) is 2.90. The first-order valence-corrected chi connectivity index (χ1v) is 6.23. The largest absolute Gasteiger partial charge is 0.315 e. The molecule has 0 saturated heterocycles. The van der Waals surface area contributed by atoms with E-state index in [1.165, 1.54) is 22.4 Å². The van der Waals surface area contributed by atoms with E-state index in [0.717, 1.165) is 21.7 Å². The second-order valence-corrected chi connectivity index (χ2v) is 5.10. The van der Waals surface area contributed by atoms with Crippen molar-refractivity contribution in [3.05, 3.63) is 53.0 Å². The summed E-state index contributed by atoms with van der Waals surface area (Å²) in [4.78, 5) is 12.6. The van der Waals surface area contributed by atoms with Crippen LogP contribution in [0.3, 0.4) is 0 Å². The van der Waals surface area contributed by atoms with Gasteiger partial charge in [0.15, 0.2) is 6.29 Å². The first-order chi connectivity index (χ1) is 8.29. The standard InChI is InChI=1S/C14H11NOS/c1-10-8-13(14-6-5-11(9-16)17-14)15-7-3-2-4-12(10)15/h2-9H,1H3. The molecule has 0 aliphatic heterocycles. The highest BCUT2D eigenvalue weighted by atomic mass is 32.1. The van der Waals surface area contributed by atoms with Crippen molar-refractivity contribution in [1.82, 2.24) is 4.40 Å². The third kappa shape index (κ3) is 1.59. The van der Waals surface area contributed by atoms with Crippen LogP contribution in [0, 0.1) is 6.92 Å². The molecular formula is C14H11NOS. The van der Waals surface area contributed by atoms with Gasteiger partial charge in [0, 0.05) is 11.7 Å². The number of rotatable bonds is 2. The Morgan fingerprint density at radius 3 is 2.88 bits per heavy atom. The van der Waals surface area contributed by atoms with Gasteiger partial charge in [0.05, 0.1) is 15.4 Å². The predicted octanol–water partition coefficient (Wildman–Crippen LogP) is 3.79. The number of hydrogen-bond donors (Lipinski definition) is 0. The molecule has 3 aromatic heterocycles. The first kappa shape index (κ1) is 10.3. The number of aldehydes is 1. The van der Waals surface area contributed by atoms with Crippen LogP contribution < -0.4 is 0 Å². The molecule has 0 unspecified atom stereocenters. The Kier molecular flexibility index (Phi) is 2.34. The molecule has 0 atom stereocenters. The minimum atomic E-state index is 0.767. The van der Waals surface area contributed by atoms with Gasteiger partial charge in [-0.05, 0) is 42.8 Å². The zero-order chi connectivity index (χ0) is 11.8. The number of pyridine rings is 1. The van der Waals surface area contributed by atoms with Crippen molar-refractivity contribution in [2.45, 2.75) is 6.92 Å². The highest BCUT2D eigenvalue weighted by Gasteiger charge is 2.09. The van der Waals surface area contributed by atoms with Gasteiger partial charge in [0.1, 0.15) is 0 Å². The lowest BCUT2D eigenvalue weighted by molar-refractivity contribution is 0.112. The van der Waals surface area contributed by atoms with E-state index in [1.54, 1.807) is 0 Å². The molecule has 0 amide bonds. The topological polar surface area (TPSA) is 21.5 Å². The molecule has 0 radical (unpaired) electrons. The van der Waals surface area contributed by atoms with Gasteiger partial charge in [-0.3, -0.25) is 4.79 Å². The number of carbonyl (C=O) groups is 1. The number of nitrogens with zero attached hydrogens (tertiary/aromatic N) is 1. The number of thiophene rings is 1. The molecule has 0 aliphatic rings. The molecule has 3 aromatic rings. The first-order valence-electron chi connectivity index (χ1n) is 5.41. The molecule has 2 nitrogen and oxygen atoms in total. The Hall–Kier alpha value is -1.87. The van der Waals surface area contributed by atoms with E-state index >= 15 is 0 Å².